The first-order chi connectivity index (χ1) is 14.3. The molecule has 0 saturated carbocycles. The molecule has 2 N–H and O–H groups in total. The Balaban J connectivity index is 2.10. The Morgan fingerprint density at radius 1 is 1.10 bits per heavy atom. The second kappa shape index (κ2) is 10.9. The molecule has 2 unspecified atom stereocenters. The van der Waals surface area contributed by atoms with Crippen LogP contribution in [0.5, 0.6) is 5.75 Å². The van der Waals surface area contributed by atoms with Gasteiger partial charge in [-0.05, 0) is 54.7 Å². The third kappa shape index (κ3) is 6.18. The number of hydrogen-bond acceptors (Lipinski definition) is 4. The standard InChI is InChI=1S/C23H30N2O4S/c1-5-16-24-30(27,28)19-14-12-18(13-15-19)25-23(26)21(7-3)29-22-11-9-8-10-20(22)17(4)6-2/h5,8-15,17,21,24H,1,6-7,16H2,2-4H3,(H,25,26). The van der Waals surface area contributed by atoms with E-state index in [1.54, 1.807) is 12.1 Å². The van der Waals surface area contributed by atoms with Crippen molar-refractivity contribution in [3.05, 3.63) is 66.7 Å². The second-order valence-corrected chi connectivity index (χ2v) is 8.78. The first-order valence-corrected chi connectivity index (χ1v) is 11.6. The van der Waals surface area contributed by atoms with Crippen molar-refractivity contribution in [1.29, 1.82) is 0 Å². The summed E-state index contributed by atoms with van der Waals surface area (Å²) in [6.45, 7) is 9.77. The van der Waals surface area contributed by atoms with E-state index in [2.05, 4.69) is 30.5 Å². The van der Waals surface area contributed by atoms with Crippen LogP contribution in [0, 0.1) is 0 Å². The molecule has 2 atom stereocenters. The number of rotatable bonds is 11. The quantitative estimate of drug-likeness (QED) is 0.516. The summed E-state index contributed by atoms with van der Waals surface area (Å²) >= 11 is 0. The van der Waals surface area contributed by atoms with E-state index in [9.17, 15) is 13.2 Å². The molecule has 0 saturated heterocycles. The van der Waals surface area contributed by atoms with Gasteiger partial charge in [-0.25, -0.2) is 13.1 Å². The molecule has 0 spiro atoms. The Morgan fingerprint density at radius 2 is 1.77 bits per heavy atom. The van der Waals surface area contributed by atoms with Gasteiger partial charge in [-0.3, -0.25) is 4.79 Å². The Bertz CT molecular complexity index is 955. The number of para-hydroxylation sites is 1. The molecule has 1 amide bonds. The number of benzene rings is 2. The van der Waals surface area contributed by atoms with Crippen molar-refractivity contribution in [2.45, 2.75) is 50.5 Å². The predicted octanol–water partition coefficient (Wildman–Crippen LogP) is 4.46. The molecule has 0 fully saturated rings. The van der Waals surface area contributed by atoms with Crippen LogP contribution < -0.4 is 14.8 Å². The van der Waals surface area contributed by atoms with Crippen molar-refractivity contribution in [3.63, 3.8) is 0 Å². The van der Waals surface area contributed by atoms with Gasteiger partial charge in [-0.2, -0.15) is 0 Å². The van der Waals surface area contributed by atoms with Crippen LogP contribution >= 0.6 is 0 Å². The van der Waals surface area contributed by atoms with Gasteiger partial charge >= 0.3 is 0 Å². The van der Waals surface area contributed by atoms with Crippen LogP contribution in [-0.2, 0) is 14.8 Å². The molecule has 0 bridgehead atoms. The molecule has 0 aliphatic carbocycles. The lowest BCUT2D eigenvalue weighted by atomic mass is 9.98. The maximum absolute atomic E-state index is 12.7. The summed E-state index contributed by atoms with van der Waals surface area (Å²) in [5.41, 5.74) is 1.58. The normalized spacial score (nSPS) is 13.3. The van der Waals surface area contributed by atoms with Crippen LogP contribution in [0.4, 0.5) is 5.69 Å². The van der Waals surface area contributed by atoms with Gasteiger partial charge in [0, 0.05) is 12.2 Å². The van der Waals surface area contributed by atoms with Gasteiger partial charge < -0.3 is 10.1 Å². The first-order valence-electron chi connectivity index (χ1n) is 10.1. The monoisotopic (exact) mass is 430 g/mol. The van der Waals surface area contributed by atoms with Gasteiger partial charge in [0.05, 0.1) is 4.90 Å². The SMILES string of the molecule is C=CCNS(=O)(=O)c1ccc(NC(=O)C(CC)Oc2ccccc2C(C)CC)cc1. The Kier molecular flexibility index (Phi) is 8.62. The van der Waals surface area contributed by atoms with Crippen molar-refractivity contribution in [2.24, 2.45) is 0 Å². The van der Waals surface area contributed by atoms with Gasteiger partial charge in [-0.1, -0.05) is 45.0 Å². The molecule has 162 valence electrons. The molecule has 0 aliphatic rings. The van der Waals surface area contributed by atoms with E-state index in [4.69, 9.17) is 4.74 Å². The fraction of sp³-hybridized carbons (Fsp3) is 0.348. The summed E-state index contributed by atoms with van der Waals surface area (Å²) in [5.74, 6) is 0.756. The molecule has 0 aromatic heterocycles. The fourth-order valence-corrected chi connectivity index (χ4v) is 3.88. The number of carbonyl (C=O) groups is 1. The van der Waals surface area contributed by atoms with Crippen LogP contribution in [-0.4, -0.2) is 27.0 Å². The number of sulfonamides is 1. The summed E-state index contributed by atoms with van der Waals surface area (Å²) in [4.78, 5) is 12.9. The number of anilines is 1. The van der Waals surface area contributed by atoms with E-state index >= 15 is 0 Å². The third-order valence-corrected chi connectivity index (χ3v) is 6.28. The fourth-order valence-electron chi connectivity index (χ4n) is 2.88. The van der Waals surface area contributed by atoms with E-state index in [0.29, 0.717) is 23.8 Å². The molecular weight excluding hydrogens is 400 g/mol. The molecule has 0 heterocycles. The highest BCUT2D eigenvalue weighted by Gasteiger charge is 2.21. The van der Waals surface area contributed by atoms with E-state index in [1.165, 1.54) is 18.2 Å². The predicted molar refractivity (Wildman–Crippen MR) is 120 cm³/mol. The smallest absolute Gasteiger partial charge is 0.265 e. The lowest BCUT2D eigenvalue weighted by molar-refractivity contribution is -0.122. The zero-order chi connectivity index (χ0) is 22.1. The summed E-state index contributed by atoms with van der Waals surface area (Å²) in [6.07, 6.45) is 2.28. The first kappa shape index (κ1) is 23.6. The topological polar surface area (TPSA) is 84.5 Å². The Hall–Kier alpha value is -2.64. The number of nitrogens with one attached hydrogen (secondary N) is 2. The number of hydrogen-bond donors (Lipinski definition) is 2. The van der Waals surface area contributed by atoms with Crippen LogP contribution in [0.3, 0.4) is 0 Å². The minimum absolute atomic E-state index is 0.119. The Morgan fingerprint density at radius 3 is 2.37 bits per heavy atom. The van der Waals surface area contributed by atoms with Crippen LogP contribution in [0.25, 0.3) is 0 Å². The van der Waals surface area contributed by atoms with E-state index in [1.807, 2.05) is 31.2 Å². The highest BCUT2D eigenvalue weighted by molar-refractivity contribution is 7.89. The molecule has 0 aliphatic heterocycles. The van der Waals surface area contributed by atoms with Crippen LogP contribution in [0.2, 0.25) is 0 Å². The molecule has 0 radical (unpaired) electrons. The minimum Gasteiger partial charge on any atom is -0.480 e. The summed E-state index contributed by atoms with van der Waals surface area (Å²) in [7, 11) is -3.60. The van der Waals surface area contributed by atoms with E-state index in [-0.39, 0.29) is 17.3 Å². The maximum atomic E-state index is 12.7. The van der Waals surface area contributed by atoms with Gasteiger partial charge in [0.1, 0.15) is 5.75 Å². The van der Waals surface area contributed by atoms with E-state index < -0.39 is 16.1 Å². The molecule has 2 aromatic rings. The van der Waals surface area contributed by atoms with Crippen LogP contribution in [0.15, 0.2) is 66.1 Å². The van der Waals surface area contributed by atoms with Gasteiger partial charge in [-0.15, -0.1) is 6.58 Å². The second-order valence-electron chi connectivity index (χ2n) is 7.02. The number of carbonyl (C=O) groups excluding carboxylic acids is 1. The summed E-state index contributed by atoms with van der Waals surface area (Å²) in [5, 5.41) is 2.80. The van der Waals surface area contributed by atoms with Crippen molar-refractivity contribution in [3.8, 4) is 5.75 Å². The molecule has 7 heteroatoms. The lowest BCUT2D eigenvalue weighted by Crippen LogP contribution is -2.32. The average molecular weight is 431 g/mol. The van der Waals surface area contributed by atoms with Crippen molar-refractivity contribution in [2.75, 3.05) is 11.9 Å². The summed E-state index contributed by atoms with van der Waals surface area (Å²) < 4.78 is 32.7. The average Bonchev–Trinajstić information content (AvgIpc) is 2.76. The summed E-state index contributed by atoms with van der Waals surface area (Å²) in [6, 6.07) is 13.8. The number of amides is 1. The van der Waals surface area contributed by atoms with Crippen molar-refractivity contribution < 1.29 is 17.9 Å². The Labute approximate surface area is 179 Å². The van der Waals surface area contributed by atoms with Crippen LogP contribution in [0.1, 0.15) is 45.1 Å². The molecule has 30 heavy (non-hydrogen) atoms. The molecule has 2 aromatic carbocycles. The zero-order valence-corrected chi connectivity index (χ0v) is 18.5. The molecule has 2 rings (SSSR count). The van der Waals surface area contributed by atoms with Crippen molar-refractivity contribution >= 4 is 21.6 Å². The number of ether oxygens (including phenoxy) is 1. The lowest BCUT2D eigenvalue weighted by Gasteiger charge is -2.21. The highest BCUT2D eigenvalue weighted by atomic mass is 32.2. The molecule has 6 nitrogen and oxygen atoms in total. The highest BCUT2D eigenvalue weighted by Crippen LogP contribution is 2.29. The molecular formula is C23H30N2O4S. The largest absolute Gasteiger partial charge is 0.480 e. The van der Waals surface area contributed by atoms with Gasteiger partial charge in [0.25, 0.3) is 5.91 Å². The maximum Gasteiger partial charge on any atom is 0.265 e. The van der Waals surface area contributed by atoms with Gasteiger partial charge in [0.15, 0.2) is 6.10 Å². The van der Waals surface area contributed by atoms with E-state index in [0.717, 1.165) is 12.0 Å². The van der Waals surface area contributed by atoms with Crippen molar-refractivity contribution in [1.82, 2.24) is 4.72 Å². The van der Waals surface area contributed by atoms with Gasteiger partial charge in [0.2, 0.25) is 10.0 Å². The third-order valence-electron chi connectivity index (χ3n) is 4.84. The zero-order valence-electron chi connectivity index (χ0n) is 17.7. The minimum atomic E-state index is -3.60.